The minimum atomic E-state index is -3.30. The Kier molecular flexibility index (Phi) is 6.78. The number of carbonyl (C=O) groups excluding carboxylic acids is 2. The number of carboxylic acids is 1. The number of alkyl halides is 2. The maximum atomic E-state index is 13.9. The minimum Gasteiger partial charge on any atom is -0.480 e. The summed E-state index contributed by atoms with van der Waals surface area (Å²) in [6.45, 7) is 2.66. The Hall–Kier alpha value is -3.49. The van der Waals surface area contributed by atoms with Crippen molar-refractivity contribution in [2.24, 2.45) is 5.92 Å². The third-order valence-corrected chi connectivity index (χ3v) is 6.48. The van der Waals surface area contributed by atoms with Gasteiger partial charge in [0.1, 0.15) is 18.7 Å². The summed E-state index contributed by atoms with van der Waals surface area (Å²) in [4.78, 5) is 37.9. The van der Waals surface area contributed by atoms with E-state index in [2.05, 4.69) is 5.32 Å². The molecule has 1 fully saturated rings. The summed E-state index contributed by atoms with van der Waals surface area (Å²) in [6.07, 6.45) is -1.66. The number of amides is 2. The highest BCUT2D eigenvalue weighted by Crippen LogP contribution is 2.44. The van der Waals surface area contributed by atoms with Crippen LogP contribution in [0, 0.1) is 5.92 Å². The number of carboxylic acid groups (broad SMARTS) is 1. The number of fused-ring (bicyclic) bond motifs is 3. The molecule has 7 nitrogen and oxygen atoms in total. The molecule has 2 amide bonds. The number of rotatable bonds is 7. The highest BCUT2D eigenvalue weighted by atomic mass is 19.3. The van der Waals surface area contributed by atoms with Gasteiger partial charge in [-0.2, -0.15) is 0 Å². The molecule has 1 aliphatic carbocycles. The summed E-state index contributed by atoms with van der Waals surface area (Å²) >= 11 is 0. The molecule has 1 aliphatic heterocycles. The van der Waals surface area contributed by atoms with Crippen LogP contribution >= 0.6 is 0 Å². The third kappa shape index (κ3) is 5.13. The molecule has 2 atom stereocenters. The largest absolute Gasteiger partial charge is 0.480 e. The average Bonchev–Trinajstić information content (AvgIpc) is 3.31. The quantitative estimate of drug-likeness (QED) is 0.610. The molecule has 2 aromatic rings. The topological polar surface area (TPSA) is 95.9 Å². The molecule has 0 spiro atoms. The van der Waals surface area contributed by atoms with Crippen molar-refractivity contribution in [3.05, 3.63) is 59.7 Å². The lowest BCUT2D eigenvalue weighted by atomic mass is 9.98. The van der Waals surface area contributed by atoms with Gasteiger partial charge in [-0.3, -0.25) is 4.79 Å². The van der Waals surface area contributed by atoms with Gasteiger partial charge < -0.3 is 20.1 Å². The number of halogens is 2. The number of ether oxygens (including phenoxy) is 1. The number of nitrogens with one attached hydrogen (secondary N) is 1. The lowest BCUT2D eigenvalue weighted by Crippen LogP contribution is -2.52. The first-order valence-corrected chi connectivity index (χ1v) is 11.6. The van der Waals surface area contributed by atoms with Gasteiger partial charge in [0.05, 0.1) is 6.54 Å². The van der Waals surface area contributed by atoms with Gasteiger partial charge in [0.25, 0.3) is 5.92 Å². The highest BCUT2D eigenvalue weighted by molar-refractivity contribution is 5.90. The maximum Gasteiger partial charge on any atom is 0.407 e. The van der Waals surface area contributed by atoms with Crippen molar-refractivity contribution in [3.8, 4) is 11.1 Å². The second kappa shape index (κ2) is 9.64. The summed E-state index contributed by atoms with van der Waals surface area (Å²) in [5.41, 5.74) is 4.19. The molecule has 0 aromatic heterocycles. The highest BCUT2D eigenvalue weighted by Gasteiger charge is 2.51. The molecule has 2 N–H and O–H groups in total. The number of hydrogen-bond donors (Lipinski definition) is 2. The van der Waals surface area contributed by atoms with E-state index in [4.69, 9.17) is 4.74 Å². The molecule has 2 unspecified atom stereocenters. The zero-order valence-corrected chi connectivity index (χ0v) is 19.5. The molecule has 0 radical (unpaired) electrons. The molecular formula is C26H28F2N2O5. The van der Waals surface area contributed by atoms with E-state index >= 15 is 0 Å². The first-order valence-electron chi connectivity index (χ1n) is 11.6. The van der Waals surface area contributed by atoms with E-state index in [0.29, 0.717) is 4.90 Å². The van der Waals surface area contributed by atoms with Crippen LogP contribution in [0.1, 0.15) is 43.7 Å². The Morgan fingerprint density at radius 3 is 2.20 bits per heavy atom. The Morgan fingerprint density at radius 1 is 1.09 bits per heavy atom. The van der Waals surface area contributed by atoms with Gasteiger partial charge in [-0.05, 0) is 34.6 Å². The van der Waals surface area contributed by atoms with Crippen molar-refractivity contribution < 1.29 is 33.0 Å². The second-order valence-electron chi connectivity index (χ2n) is 9.53. The fraction of sp³-hybridized carbons (Fsp3) is 0.423. The Labute approximate surface area is 202 Å². The number of nitrogens with zero attached hydrogens (tertiary/aromatic N) is 1. The molecule has 4 rings (SSSR count). The van der Waals surface area contributed by atoms with E-state index in [0.717, 1.165) is 22.3 Å². The number of likely N-dealkylation sites (tertiary alicyclic amines) is 1. The summed E-state index contributed by atoms with van der Waals surface area (Å²) < 4.78 is 33.3. The Morgan fingerprint density at radius 2 is 1.66 bits per heavy atom. The summed E-state index contributed by atoms with van der Waals surface area (Å²) in [5, 5.41) is 11.8. The van der Waals surface area contributed by atoms with E-state index in [9.17, 15) is 28.3 Å². The minimum absolute atomic E-state index is 0.0297. The van der Waals surface area contributed by atoms with Crippen LogP contribution in [0.15, 0.2) is 48.5 Å². The number of hydrogen-bond acceptors (Lipinski definition) is 4. The fourth-order valence-corrected chi connectivity index (χ4v) is 4.94. The van der Waals surface area contributed by atoms with E-state index in [1.807, 2.05) is 62.4 Å². The zero-order chi connectivity index (χ0) is 25.3. The average molecular weight is 487 g/mol. The molecule has 9 heteroatoms. The molecule has 1 heterocycles. The van der Waals surface area contributed by atoms with Crippen molar-refractivity contribution >= 4 is 18.0 Å². The van der Waals surface area contributed by atoms with Gasteiger partial charge in [-0.15, -0.1) is 0 Å². The van der Waals surface area contributed by atoms with Crippen LogP contribution in [0.25, 0.3) is 11.1 Å². The standard InChI is InChI=1S/C26H28F2N2O5/c1-15(2)11-21(23(31)30-14-26(27,28)12-22(30)24(32)33)29-25(34)35-13-20-18-9-5-3-7-16(18)17-8-4-6-10-19(17)20/h3-10,15,20-22H,11-14H2,1-2H3,(H,29,34)(H,32,33). The Bertz CT molecular complexity index is 1090. The SMILES string of the molecule is CC(C)CC(NC(=O)OCC1c2ccccc2-c2ccccc21)C(=O)N1CC(F)(F)CC1C(=O)O. The lowest BCUT2D eigenvalue weighted by molar-refractivity contribution is -0.149. The lowest BCUT2D eigenvalue weighted by Gasteiger charge is -2.27. The molecule has 1 saturated heterocycles. The van der Waals surface area contributed by atoms with Crippen molar-refractivity contribution in [1.82, 2.24) is 10.2 Å². The maximum absolute atomic E-state index is 13.9. The van der Waals surface area contributed by atoms with E-state index in [1.54, 1.807) is 0 Å². The second-order valence-corrected chi connectivity index (χ2v) is 9.53. The summed E-state index contributed by atoms with van der Waals surface area (Å²) in [5.74, 6) is -5.90. The molecule has 2 aliphatic rings. The predicted octanol–water partition coefficient (Wildman–Crippen LogP) is 4.26. The van der Waals surface area contributed by atoms with Crippen molar-refractivity contribution in [2.45, 2.75) is 50.6 Å². The third-order valence-electron chi connectivity index (χ3n) is 6.48. The predicted molar refractivity (Wildman–Crippen MR) is 124 cm³/mol. The van der Waals surface area contributed by atoms with Crippen LogP contribution in [0.3, 0.4) is 0 Å². The van der Waals surface area contributed by atoms with E-state index in [1.165, 1.54) is 0 Å². The summed E-state index contributed by atoms with van der Waals surface area (Å²) in [6, 6.07) is 12.9. The number of benzene rings is 2. The molecular weight excluding hydrogens is 458 g/mol. The van der Waals surface area contributed by atoms with Gasteiger partial charge in [-0.1, -0.05) is 62.4 Å². The van der Waals surface area contributed by atoms with E-state index < -0.39 is 48.9 Å². The molecule has 186 valence electrons. The van der Waals surface area contributed by atoms with E-state index in [-0.39, 0.29) is 24.9 Å². The van der Waals surface area contributed by atoms with Gasteiger partial charge in [0, 0.05) is 12.3 Å². The number of alkyl carbamates (subject to hydrolysis) is 1. The van der Waals surface area contributed by atoms with Gasteiger partial charge >= 0.3 is 12.1 Å². The molecule has 0 bridgehead atoms. The number of aliphatic carboxylic acids is 1. The van der Waals surface area contributed by atoms with Crippen LogP contribution in [0.5, 0.6) is 0 Å². The van der Waals surface area contributed by atoms with Crippen molar-refractivity contribution in [3.63, 3.8) is 0 Å². The van der Waals surface area contributed by atoms with Crippen molar-refractivity contribution in [1.29, 1.82) is 0 Å². The van der Waals surface area contributed by atoms with Crippen LogP contribution in [0.2, 0.25) is 0 Å². The molecule has 0 saturated carbocycles. The van der Waals surface area contributed by atoms with Gasteiger partial charge in [-0.25, -0.2) is 18.4 Å². The van der Waals surface area contributed by atoms with Crippen molar-refractivity contribution in [2.75, 3.05) is 13.2 Å². The van der Waals surface area contributed by atoms with Crippen LogP contribution in [-0.2, 0) is 14.3 Å². The van der Waals surface area contributed by atoms with Crippen LogP contribution in [0.4, 0.5) is 13.6 Å². The number of carbonyl (C=O) groups is 3. The first-order chi connectivity index (χ1) is 16.6. The molecule has 2 aromatic carbocycles. The molecule has 35 heavy (non-hydrogen) atoms. The summed E-state index contributed by atoms with van der Waals surface area (Å²) in [7, 11) is 0. The van der Waals surface area contributed by atoms with Gasteiger partial charge in [0.15, 0.2) is 0 Å². The van der Waals surface area contributed by atoms with Crippen LogP contribution in [-0.4, -0.2) is 59.1 Å². The smallest absolute Gasteiger partial charge is 0.407 e. The normalized spacial score (nSPS) is 19.2. The fourth-order valence-electron chi connectivity index (χ4n) is 4.94. The zero-order valence-electron chi connectivity index (χ0n) is 19.5. The van der Waals surface area contributed by atoms with Crippen LogP contribution < -0.4 is 5.32 Å². The monoisotopic (exact) mass is 486 g/mol. The van der Waals surface area contributed by atoms with Gasteiger partial charge in [0.2, 0.25) is 5.91 Å². The Balaban J connectivity index is 1.46. The first kappa shape index (κ1) is 24.6.